The second-order valence-corrected chi connectivity index (χ2v) is 6.12. The van der Waals surface area contributed by atoms with Crippen molar-refractivity contribution in [2.45, 2.75) is 43.3 Å². The van der Waals surface area contributed by atoms with E-state index in [9.17, 15) is 8.42 Å². The summed E-state index contributed by atoms with van der Waals surface area (Å²) in [5.41, 5.74) is 0. The molecule has 0 saturated heterocycles. The van der Waals surface area contributed by atoms with Gasteiger partial charge in [0.2, 0.25) is 0 Å². The monoisotopic (exact) mass is 201 g/mol. The van der Waals surface area contributed by atoms with Crippen LogP contribution in [-0.4, -0.2) is 19.4 Å². The van der Waals surface area contributed by atoms with Crippen LogP contribution in [0.15, 0.2) is 0 Å². The number of nitriles is 1. The molecule has 1 fully saturated rings. The summed E-state index contributed by atoms with van der Waals surface area (Å²) in [5.74, 6) is 0. The summed E-state index contributed by atoms with van der Waals surface area (Å²) in [4.78, 5) is 0. The maximum Gasteiger partial charge on any atom is 0.166 e. The van der Waals surface area contributed by atoms with Crippen LogP contribution in [0.4, 0.5) is 0 Å². The van der Waals surface area contributed by atoms with E-state index in [0.717, 1.165) is 25.7 Å². The molecule has 0 spiro atoms. The minimum absolute atomic E-state index is 0.516. The van der Waals surface area contributed by atoms with E-state index in [1.807, 2.05) is 6.07 Å². The summed E-state index contributed by atoms with van der Waals surface area (Å²) in [6.07, 6.45) is 6.05. The Morgan fingerprint density at radius 1 is 1.15 bits per heavy atom. The van der Waals surface area contributed by atoms with E-state index >= 15 is 0 Å². The second-order valence-electron chi connectivity index (χ2n) is 3.79. The molecule has 0 heterocycles. The maximum absolute atomic E-state index is 11.5. The van der Waals surface area contributed by atoms with Gasteiger partial charge in [0.1, 0.15) is 0 Å². The lowest BCUT2D eigenvalue weighted by molar-refractivity contribution is 0.528. The Morgan fingerprint density at radius 3 is 1.92 bits per heavy atom. The van der Waals surface area contributed by atoms with Crippen LogP contribution in [0.2, 0.25) is 0 Å². The summed E-state index contributed by atoms with van der Waals surface area (Å²) < 4.78 is 21.9. The molecule has 3 nitrogen and oxygen atoms in total. The van der Waals surface area contributed by atoms with Gasteiger partial charge in [-0.05, 0) is 12.8 Å². The fourth-order valence-corrected chi connectivity index (χ4v) is 3.06. The molecule has 1 saturated carbocycles. The predicted molar refractivity (Wildman–Crippen MR) is 50.9 cm³/mol. The van der Waals surface area contributed by atoms with Gasteiger partial charge in [-0.3, -0.25) is 0 Å². The molecule has 1 aliphatic carbocycles. The van der Waals surface area contributed by atoms with Gasteiger partial charge in [-0.1, -0.05) is 25.7 Å². The number of hydrogen-bond donors (Lipinski definition) is 0. The van der Waals surface area contributed by atoms with E-state index in [4.69, 9.17) is 5.26 Å². The first kappa shape index (κ1) is 10.5. The quantitative estimate of drug-likeness (QED) is 0.606. The number of hydrogen-bond acceptors (Lipinski definition) is 3. The van der Waals surface area contributed by atoms with Crippen LogP contribution < -0.4 is 0 Å². The molecule has 0 aromatic heterocycles. The van der Waals surface area contributed by atoms with Crippen molar-refractivity contribution in [3.05, 3.63) is 0 Å². The van der Waals surface area contributed by atoms with Gasteiger partial charge in [0.05, 0.1) is 6.07 Å². The zero-order valence-corrected chi connectivity index (χ0v) is 8.73. The molecule has 0 aromatic carbocycles. The molecule has 74 valence electrons. The average molecular weight is 201 g/mol. The Morgan fingerprint density at radius 2 is 1.62 bits per heavy atom. The first-order valence-electron chi connectivity index (χ1n) is 4.63. The van der Waals surface area contributed by atoms with E-state index < -0.39 is 14.6 Å². The molecule has 0 bridgehead atoms. The van der Waals surface area contributed by atoms with Crippen LogP contribution >= 0.6 is 0 Å². The van der Waals surface area contributed by atoms with Crippen LogP contribution in [0.3, 0.4) is 0 Å². The summed E-state index contributed by atoms with van der Waals surface area (Å²) in [6, 6.07) is 2.01. The number of rotatable bonds is 1. The Balaban J connectivity index is 2.99. The van der Waals surface area contributed by atoms with E-state index in [-0.39, 0.29) is 0 Å². The highest BCUT2D eigenvalue weighted by atomic mass is 32.2. The van der Waals surface area contributed by atoms with Gasteiger partial charge in [-0.2, -0.15) is 5.26 Å². The highest BCUT2D eigenvalue weighted by Crippen LogP contribution is 2.32. The summed E-state index contributed by atoms with van der Waals surface area (Å²) in [5, 5.41) is 8.97. The molecule has 1 rings (SSSR count). The minimum Gasteiger partial charge on any atom is -0.227 e. The molecule has 0 unspecified atom stereocenters. The predicted octanol–water partition coefficient (Wildman–Crippen LogP) is 1.65. The van der Waals surface area contributed by atoms with Gasteiger partial charge in [0.15, 0.2) is 14.6 Å². The van der Waals surface area contributed by atoms with Gasteiger partial charge < -0.3 is 0 Å². The highest BCUT2D eigenvalue weighted by Gasteiger charge is 2.40. The first-order valence-corrected chi connectivity index (χ1v) is 6.52. The van der Waals surface area contributed by atoms with Crippen LogP contribution in [0, 0.1) is 11.3 Å². The van der Waals surface area contributed by atoms with Gasteiger partial charge >= 0.3 is 0 Å². The van der Waals surface area contributed by atoms with Gasteiger partial charge in [0.25, 0.3) is 0 Å². The third kappa shape index (κ3) is 2.02. The van der Waals surface area contributed by atoms with E-state index in [1.54, 1.807) is 0 Å². The fourth-order valence-electron chi connectivity index (χ4n) is 1.87. The van der Waals surface area contributed by atoms with Crippen molar-refractivity contribution in [3.63, 3.8) is 0 Å². The molecule has 0 radical (unpaired) electrons. The molecule has 4 heteroatoms. The van der Waals surface area contributed by atoms with Crippen molar-refractivity contribution < 1.29 is 8.42 Å². The van der Waals surface area contributed by atoms with Crippen molar-refractivity contribution >= 4 is 9.84 Å². The van der Waals surface area contributed by atoms with E-state index in [0.29, 0.717) is 12.8 Å². The van der Waals surface area contributed by atoms with Crippen molar-refractivity contribution in [2.24, 2.45) is 0 Å². The zero-order valence-electron chi connectivity index (χ0n) is 7.91. The Bertz CT molecular complexity index is 305. The SMILES string of the molecule is CS(=O)(=O)C1(C#N)CCCCCC1. The molecule has 0 aliphatic heterocycles. The van der Waals surface area contributed by atoms with Crippen molar-refractivity contribution in [3.8, 4) is 6.07 Å². The highest BCUT2D eigenvalue weighted by molar-refractivity contribution is 7.92. The molecule has 13 heavy (non-hydrogen) atoms. The summed E-state index contributed by atoms with van der Waals surface area (Å²) >= 11 is 0. The van der Waals surface area contributed by atoms with Gasteiger partial charge in [-0.25, -0.2) is 8.42 Å². The summed E-state index contributed by atoms with van der Waals surface area (Å²) in [6.45, 7) is 0. The molecule has 0 atom stereocenters. The third-order valence-corrected chi connectivity index (χ3v) is 4.74. The molecule has 1 aliphatic rings. The summed E-state index contributed by atoms with van der Waals surface area (Å²) in [7, 11) is -3.22. The Hall–Kier alpha value is -0.560. The third-order valence-electron chi connectivity index (χ3n) is 2.82. The van der Waals surface area contributed by atoms with Gasteiger partial charge in [-0.15, -0.1) is 0 Å². The fraction of sp³-hybridized carbons (Fsp3) is 0.889. The normalized spacial score (nSPS) is 23.1. The van der Waals surface area contributed by atoms with Gasteiger partial charge in [0, 0.05) is 6.26 Å². The minimum atomic E-state index is -3.22. The van der Waals surface area contributed by atoms with Crippen LogP contribution in [0.25, 0.3) is 0 Å². The Kier molecular flexibility index (Phi) is 2.97. The maximum atomic E-state index is 11.5. The van der Waals surface area contributed by atoms with E-state index in [1.165, 1.54) is 6.26 Å². The molecule has 0 N–H and O–H groups in total. The topological polar surface area (TPSA) is 57.9 Å². The lowest BCUT2D eigenvalue weighted by Crippen LogP contribution is -2.35. The van der Waals surface area contributed by atoms with Crippen molar-refractivity contribution in [1.82, 2.24) is 0 Å². The lowest BCUT2D eigenvalue weighted by atomic mass is 10.0. The molecule has 0 aromatic rings. The lowest BCUT2D eigenvalue weighted by Gasteiger charge is -2.21. The van der Waals surface area contributed by atoms with Crippen molar-refractivity contribution in [2.75, 3.05) is 6.26 Å². The second kappa shape index (κ2) is 3.67. The largest absolute Gasteiger partial charge is 0.227 e. The van der Waals surface area contributed by atoms with Crippen molar-refractivity contribution in [1.29, 1.82) is 5.26 Å². The Labute approximate surface area is 79.7 Å². The first-order chi connectivity index (χ1) is 6.02. The van der Waals surface area contributed by atoms with Crippen LogP contribution in [0.5, 0.6) is 0 Å². The average Bonchev–Trinajstić information content (AvgIpc) is 2.27. The zero-order chi connectivity index (χ0) is 9.95. The number of nitrogens with zero attached hydrogens (tertiary/aromatic N) is 1. The van der Waals surface area contributed by atoms with E-state index in [2.05, 4.69) is 0 Å². The molecular formula is C9H15NO2S. The standard InChI is InChI=1S/C9H15NO2S/c1-13(11,12)9(8-10)6-4-2-3-5-7-9/h2-7H2,1H3. The number of sulfone groups is 1. The van der Waals surface area contributed by atoms with Crippen LogP contribution in [0.1, 0.15) is 38.5 Å². The van der Waals surface area contributed by atoms with Crippen LogP contribution in [-0.2, 0) is 9.84 Å². The molecular weight excluding hydrogens is 186 g/mol. The smallest absolute Gasteiger partial charge is 0.166 e. The molecule has 0 amide bonds.